The van der Waals surface area contributed by atoms with Gasteiger partial charge in [-0.1, -0.05) is 0 Å². The number of rotatable bonds is 10. The summed E-state index contributed by atoms with van der Waals surface area (Å²) in [7, 11) is 0. The lowest BCUT2D eigenvalue weighted by Gasteiger charge is -2.07. The third kappa shape index (κ3) is 7.08. The third-order valence-electron chi connectivity index (χ3n) is 2.59. The second-order valence-electron chi connectivity index (χ2n) is 4.24. The highest BCUT2D eigenvalue weighted by Crippen LogP contribution is 2.15. The number of ether oxygens (including phenoxy) is 2. The molecule has 0 saturated heterocycles. The summed E-state index contributed by atoms with van der Waals surface area (Å²) in [5.74, 6) is -1.43. The summed E-state index contributed by atoms with van der Waals surface area (Å²) >= 11 is 0. The normalized spacial score (nSPS) is 10.7. The van der Waals surface area contributed by atoms with E-state index in [1.165, 1.54) is 6.07 Å². The predicted molar refractivity (Wildman–Crippen MR) is 70.2 cm³/mol. The van der Waals surface area contributed by atoms with E-state index in [0.29, 0.717) is 19.0 Å². The Morgan fingerprint density at radius 2 is 1.68 bits per heavy atom. The summed E-state index contributed by atoms with van der Waals surface area (Å²) in [5, 5.41) is 0. The van der Waals surface area contributed by atoms with Crippen LogP contribution in [0.15, 0.2) is 18.2 Å². The molecule has 0 atom stereocenters. The number of benzene rings is 1. The molecule has 0 unspecified atom stereocenters. The average Bonchev–Trinajstić information content (AvgIpc) is 2.41. The number of halogens is 2. The van der Waals surface area contributed by atoms with Gasteiger partial charge in [0.05, 0.1) is 6.61 Å². The third-order valence-corrected chi connectivity index (χ3v) is 2.59. The first kappa shape index (κ1) is 15.9. The van der Waals surface area contributed by atoms with Gasteiger partial charge in [-0.3, -0.25) is 0 Å². The van der Waals surface area contributed by atoms with Crippen LogP contribution in [0.4, 0.5) is 8.78 Å². The highest BCUT2D eigenvalue weighted by molar-refractivity contribution is 5.23. The molecule has 0 radical (unpaired) electrons. The molecule has 2 N–H and O–H groups in total. The molecule has 0 heterocycles. The molecule has 0 amide bonds. The summed E-state index contributed by atoms with van der Waals surface area (Å²) in [6.45, 7) is 2.48. The number of nitrogens with two attached hydrogens (primary N) is 1. The Hall–Kier alpha value is -1.20. The molecule has 0 spiro atoms. The summed E-state index contributed by atoms with van der Waals surface area (Å²) < 4.78 is 36.2. The van der Waals surface area contributed by atoms with Crippen molar-refractivity contribution < 1.29 is 18.3 Å². The van der Waals surface area contributed by atoms with E-state index in [2.05, 4.69) is 0 Å². The lowest BCUT2D eigenvalue weighted by Crippen LogP contribution is -2.05. The van der Waals surface area contributed by atoms with Crippen LogP contribution in [0.2, 0.25) is 0 Å². The van der Waals surface area contributed by atoms with E-state index >= 15 is 0 Å². The first-order valence-electron chi connectivity index (χ1n) is 6.59. The number of unbranched alkanes of at least 4 members (excludes halogenated alkanes) is 2. The van der Waals surface area contributed by atoms with Crippen LogP contribution in [0.1, 0.15) is 25.7 Å². The molecule has 3 nitrogen and oxygen atoms in total. The fourth-order valence-electron chi connectivity index (χ4n) is 1.54. The number of hydrogen-bond donors (Lipinski definition) is 1. The van der Waals surface area contributed by atoms with Gasteiger partial charge in [-0.25, -0.2) is 8.78 Å². The minimum Gasteiger partial charge on any atom is -0.493 e. The lowest BCUT2D eigenvalue weighted by atomic mass is 10.2. The van der Waals surface area contributed by atoms with Gasteiger partial charge in [0.1, 0.15) is 5.75 Å². The average molecular weight is 273 g/mol. The van der Waals surface area contributed by atoms with Crippen molar-refractivity contribution in [2.75, 3.05) is 26.4 Å². The minimum atomic E-state index is -0.895. The van der Waals surface area contributed by atoms with Crippen LogP contribution in [0, 0.1) is 11.6 Å². The second-order valence-corrected chi connectivity index (χ2v) is 4.24. The molecule has 5 heteroatoms. The van der Waals surface area contributed by atoms with Crippen molar-refractivity contribution in [3.05, 3.63) is 29.8 Å². The Kier molecular flexibility index (Phi) is 8.09. The largest absolute Gasteiger partial charge is 0.493 e. The maximum Gasteiger partial charge on any atom is 0.162 e. The molecule has 0 aliphatic rings. The zero-order valence-electron chi connectivity index (χ0n) is 11.0. The van der Waals surface area contributed by atoms with E-state index in [-0.39, 0.29) is 0 Å². The van der Waals surface area contributed by atoms with Crippen LogP contribution in [0.3, 0.4) is 0 Å². The van der Waals surface area contributed by atoms with Gasteiger partial charge in [0.15, 0.2) is 11.6 Å². The molecule has 1 aromatic rings. The van der Waals surface area contributed by atoms with Gasteiger partial charge in [-0.2, -0.15) is 0 Å². The predicted octanol–water partition coefficient (Wildman–Crippen LogP) is 2.88. The highest BCUT2D eigenvalue weighted by atomic mass is 19.2. The summed E-state index contributed by atoms with van der Waals surface area (Å²) in [5.41, 5.74) is 5.38. The molecule has 0 aromatic heterocycles. The topological polar surface area (TPSA) is 44.5 Å². The fourth-order valence-corrected chi connectivity index (χ4v) is 1.54. The first-order valence-corrected chi connectivity index (χ1v) is 6.59. The van der Waals surface area contributed by atoms with Crippen molar-refractivity contribution in [2.24, 2.45) is 5.73 Å². The molecule has 0 saturated carbocycles. The Morgan fingerprint density at radius 1 is 0.895 bits per heavy atom. The molecule has 1 rings (SSSR count). The molecular weight excluding hydrogens is 252 g/mol. The molecule has 0 bridgehead atoms. The van der Waals surface area contributed by atoms with Gasteiger partial charge in [0.25, 0.3) is 0 Å². The van der Waals surface area contributed by atoms with Crippen molar-refractivity contribution in [1.82, 2.24) is 0 Å². The standard InChI is InChI=1S/C14H21F2NO2/c15-13-6-5-12(11-14(13)16)19-10-4-9-18-8-3-1-2-7-17/h5-6,11H,1-4,7-10,17H2. The maximum atomic E-state index is 12.9. The van der Waals surface area contributed by atoms with Gasteiger partial charge in [0, 0.05) is 25.7 Å². The van der Waals surface area contributed by atoms with Gasteiger partial charge in [-0.05, 0) is 37.9 Å². The molecule has 108 valence electrons. The molecule has 19 heavy (non-hydrogen) atoms. The Morgan fingerprint density at radius 3 is 2.42 bits per heavy atom. The number of hydrogen-bond acceptors (Lipinski definition) is 3. The van der Waals surface area contributed by atoms with Crippen LogP contribution in [0.5, 0.6) is 5.75 Å². The van der Waals surface area contributed by atoms with Crippen molar-refractivity contribution in [3.8, 4) is 5.75 Å². The lowest BCUT2D eigenvalue weighted by molar-refractivity contribution is 0.116. The van der Waals surface area contributed by atoms with Gasteiger partial charge in [-0.15, -0.1) is 0 Å². The minimum absolute atomic E-state index is 0.335. The Balaban J connectivity index is 2.00. The van der Waals surface area contributed by atoms with E-state index in [1.807, 2.05) is 0 Å². The summed E-state index contributed by atoms with van der Waals surface area (Å²) in [6, 6.07) is 3.51. The molecule has 0 aliphatic carbocycles. The van der Waals surface area contributed by atoms with Gasteiger partial charge >= 0.3 is 0 Å². The van der Waals surface area contributed by atoms with Crippen LogP contribution in [0.25, 0.3) is 0 Å². The Labute approximate surface area is 112 Å². The van der Waals surface area contributed by atoms with Crippen LogP contribution in [-0.4, -0.2) is 26.4 Å². The molecule has 0 fully saturated rings. The van der Waals surface area contributed by atoms with Crippen LogP contribution in [-0.2, 0) is 4.74 Å². The first-order chi connectivity index (χ1) is 9.24. The van der Waals surface area contributed by atoms with E-state index in [0.717, 1.165) is 51.0 Å². The van der Waals surface area contributed by atoms with Crippen molar-refractivity contribution in [3.63, 3.8) is 0 Å². The van der Waals surface area contributed by atoms with Crippen molar-refractivity contribution in [2.45, 2.75) is 25.7 Å². The monoisotopic (exact) mass is 273 g/mol. The van der Waals surface area contributed by atoms with Crippen LogP contribution < -0.4 is 10.5 Å². The van der Waals surface area contributed by atoms with E-state index in [4.69, 9.17) is 15.2 Å². The second kappa shape index (κ2) is 9.69. The molecule has 1 aromatic carbocycles. The van der Waals surface area contributed by atoms with Crippen molar-refractivity contribution in [1.29, 1.82) is 0 Å². The zero-order chi connectivity index (χ0) is 13.9. The van der Waals surface area contributed by atoms with E-state index < -0.39 is 11.6 Å². The van der Waals surface area contributed by atoms with E-state index in [1.54, 1.807) is 0 Å². The molecule has 0 aliphatic heterocycles. The zero-order valence-corrected chi connectivity index (χ0v) is 11.0. The summed E-state index contributed by atoms with van der Waals surface area (Å²) in [4.78, 5) is 0. The summed E-state index contributed by atoms with van der Waals surface area (Å²) in [6.07, 6.45) is 3.85. The van der Waals surface area contributed by atoms with E-state index in [9.17, 15) is 8.78 Å². The maximum absolute atomic E-state index is 12.9. The highest BCUT2D eigenvalue weighted by Gasteiger charge is 2.02. The SMILES string of the molecule is NCCCCCOCCCOc1ccc(F)c(F)c1. The van der Waals surface area contributed by atoms with Crippen molar-refractivity contribution >= 4 is 0 Å². The quantitative estimate of drug-likeness (QED) is 0.667. The fraction of sp³-hybridized carbons (Fsp3) is 0.571. The molecular formula is C14H21F2NO2. The Bertz CT molecular complexity index is 361. The van der Waals surface area contributed by atoms with Gasteiger partial charge < -0.3 is 15.2 Å². The smallest absolute Gasteiger partial charge is 0.162 e. The van der Waals surface area contributed by atoms with Crippen LogP contribution >= 0.6 is 0 Å². The van der Waals surface area contributed by atoms with Gasteiger partial charge in [0.2, 0.25) is 0 Å².